The van der Waals surface area contributed by atoms with Crippen molar-refractivity contribution in [3.05, 3.63) is 65.1 Å². The maximum atomic E-state index is 13.1. The van der Waals surface area contributed by atoms with E-state index >= 15 is 0 Å². The largest absolute Gasteiger partial charge is 0.444 e. The predicted octanol–water partition coefficient (Wildman–Crippen LogP) is 5.35. The predicted molar refractivity (Wildman–Crippen MR) is 139 cm³/mol. The summed E-state index contributed by atoms with van der Waals surface area (Å²) in [5.74, 6) is 0.122. The zero-order valence-electron chi connectivity index (χ0n) is 20.9. The van der Waals surface area contributed by atoms with E-state index in [-0.39, 0.29) is 12.0 Å². The highest BCUT2D eigenvalue weighted by Crippen LogP contribution is 2.24. The molecule has 4 rings (SSSR count). The Hall–Kier alpha value is -3.10. The molecule has 0 spiro atoms. The number of aromatic amines is 1. The number of H-pyrrole nitrogens is 1. The van der Waals surface area contributed by atoms with Gasteiger partial charge in [0.1, 0.15) is 5.60 Å². The van der Waals surface area contributed by atoms with E-state index in [0.29, 0.717) is 42.8 Å². The molecule has 36 heavy (non-hydrogen) atoms. The van der Waals surface area contributed by atoms with Gasteiger partial charge in [0.25, 0.3) is 5.91 Å². The van der Waals surface area contributed by atoms with Gasteiger partial charge in [-0.2, -0.15) is 0 Å². The van der Waals surface area contributed by atoms with Gasteiger partial charge in [-0.25, -0.2) is 4.79 Å². The van der Waals surface area contributed by atoms with Gasteiger partial charge in [-0.05, 0) is 63.8 Å². The van der Waals surface area contributed by atoms with Crippen molar-refractivity contribution in [1.29, 1.82) is 0 Å². The number of ether oxygens (including phenoxy) is 2. The highest BCUT2D eigenvalue weighted by molar-refractivity contribution is 6.35. The van der Waals surface area contributed by atoms with Gasteiger partial charge in [0, 0.05) is 48.6 Å². The number of amides is 2. The molecule has 9 heteroatoms. The number of rotatable bonds is 7. The molecule has 192 valence electrons. The first-order valence-electron chi connectivity index (χ1n) is 12.2. The summed E-state index contributed by atoms with van der Waals surface area (Å²) in [6, 6.07) is 10.6. The topological polar surface area (TPSA) is 96.5 Å². The molecule has 3 heterocycles. The number of likely N-dealkylation sites (tertiary alicyclic amines) is 1. The van der Waals surface area contributed by atoms with Gasteiger partial charge < -0.3 is 24.7 Å². The van der Waals surface area contributed by atoms with E-state index in [1.807, 2.05) is 45.0 Å². The Bertz CT molecular complexity index is 1180. The minimum absolute atomic E-state index is 0.215. The van der Waals surface area contributed by atoms with Crippen LogP contribution in [0.3, 0.4) is 0 Å². The quantitative estimate of drug-likeness (QED) is 0.444. The molecule has 1 aromatic carbocycles. The van der Waals surface area contributed by atoms with Crippen molar-refractivity contribution in [1.82, 2.24) is 20.2 Å². The van der Waals surface area contributed by atoms with E-state index in [9.17, 15) is 9.59 Å². The van der Waals surface area contributed by atoms with Crippen molar-refractivity contribution in [3.63, 3.8) is 0 Å². The molecular formula is C27H33ClN4O4. The number of aromatic nitrogens is 2. The summed E-state index contributed by atoms with van der Waals surface area (Å²) in [6.45, 7) is 7.76. The first kappa shape index (κ1) is 26.0. The standard InChI is InChI=1S/C27H33ClN4O4/c1-27(2,3)36-26(34)32-12-9-18(10-13-32)16-35-17-24(22-6-4-5-11-29-22)31-25(33)19-7-8-20-21(28)15-30-23(20)14-19/h4-8,11,14-15,18,24,30H,9-10,12-13,16-17H2,1-3H3,(H,31,33). The van der Waals surface area contributed by atoms with E-state index in [2.05, 4.69) is 15.3 Å². The summed E-state index contributed by atoms with van der Waals surface area (Å²) in [5, 5.41) is 4.55. The molecule has 1 aliphatic rings. The normalized spacial score (nSPS) is 15.6. The van der Waals surface area contributed by atoms with Crippen molar-refractivity contribution in [3.8, 4) is 0 Å². The number of carbonyl (C=O) groups excluding carboxylic acids is 2. The number of carbonyl (C=O) groups is 2. The van der Waals surface area contributed by atoms with Crippen molar-refractivity contribution < 1.29 is 19.1 Å². The Balaban J connectivity index is 1.32. The molecule has 0 bridgehead atoms. The average molecular weight is 513 g/mol. The fraction of sp³-hybridized carbons (Fsp3) is 0.444. The molecule has 1 atom stereocenters. The van der Waals surface area contributed by atoms with Crippen LogP contribution in [0.5, 0.6) is 0 Å². The van der Waals surface area contributed by atoms with Gasteiger partial charge in [0.2, 0.25) is 0 Å². The number of pyridine rings is 1. The van der Waals surface area contributed by atoms with Gasteiger partial charge in [-0.15, -0.1) is 0 Å². The van der Waals surface area contributed by atoms with Crippen LogP contribution in [0.25, 0.3) is 10.9 Å². The number of halogens is 1. The molecule has 2 aromatic heterocycles. The second kappa shape index (κ2) is 11.3. The van der Waals surface area contributed by atoms with Gasteiger partial charge >= 0.3 is 6.09 Å². The molecule has 1 fully saturated rings. The summed E-state index contributed by atoms with van der Waals surface area (Å²) in [4.78, 5) is 34.6. The molecule has 1 saturated heterocycles. The maximum Gasteiger partial charge on any atom is 0.410 e. The number of hydrogen-bond acceptors (Lipinski definition) is 5. The summed E-state index contributed by atoms with van der Waals surface area (Å²) >= 11 is 6.16. The molecule has 2 amide bonds. The highest BCUT2D eigenvalue weighted by atomic mass is 35.5. The van der Waals surface area contributed by atoms with Crippen LogP contribution in [0.1, 0.15) is 55.7 Å². The molecule has 1 aliphatic heterocycles. The Morgan fingerprint density at radius 1 is 1.22 bits per heavy atom. The molecule has 2 N–H and O–H groups in total. The lowest BCUT2D eigenvalue weighted by molar-refractivity contribution is 0.0104. The van der Waals surface area contributed by atoms with Crippen LogP contribution in [-0.2, 0) is 9.47 Å². The average Bonchev–Trinajstić information content (AvgIpc) is 3.23. The first-order chi connectivity index (χ1) is 17.2. The molecule has 0 aliphatic carbocycles. The fourth-order valence-electron chi connectivity index (χ4n) is 4.22. The minimum Gasteiger partial charge on any atom is -0.444 e. The van der Waals surface area contributed by atoms with E-state index in [0.717, 1.165) is 29.4 Å². The summed E-state index contributed by atoms with van der Waals surface area (Å²) in [7, 11) is 0. The fourth-order valence-corrected chi connectivity index (χ4v) is 4.44. The van der Waals surface area contributed by atoms with Crippen LogP contribution in [0.2, 0.25) is 5.02 Å². The van der Waals surface area contributed by atoms with Crippen molar-refractivity contribution in [2.45, 2.75) is 45.3 Å². The minimum atomic E-state index is -0.498. The number of fused-ring (bicyclic) bond motifs is 1. The Kier molecular flexibility index (Phi) is 8.16. The van der Waals surface area contributed by atoms with Crippen LogP contribution in [0.15, 0.2) is 48.8 Å². The van der Waals surface area contributed by atoms with Crippen molar-refractivity contribution in [2.75, 3.05) is 26.3 Å². The van der Waals surface area contributed by atoms with Crippen LogP contribution in [0.4, 0.5) is 4.79 Å². The van der Waals surface area contributed by atoms with Crippen LogP contribution < -0.4 is 5.32 Å². The lowest BCUT2D eigenvalue weighted by atomic mass is 9.98. The van der Waals surface area contributed by atoms with Crippen LogP contribution in [0, 0.1) is 5.92 Å². The molecule has 0 saturated carbocycles. The first-order valence-corrected chi connectivity index (χ1v) is 12.6. The third kappa shape index (κ3) is 6.77. The van der Waals surface area contributed by atoms with E-state index in [1.165, 1.54) is 0 Å². The summed E-state index contributed by atoms with van der Waals surface area (Å²) in [6.07, 6.45) is 4.83. The Labute approximate surface area is 216 Å². The highest BCUT2D eigenvalue weighted by Gasteiger charge is 2.27. The zero-order valence-corrected chi connectivity index (χ0v) is 21.7. The van der Waals surface area contributed by atoms with Gasteiger partial charge in [0.05, 0.1) is 23.4 Å². The number of nitrogens with one attached hydrogen (secondary N) is 2. The molecule has 0 radical (unpaired) electrons. The number of nitrogens with zero attached hydrogens (tertiary/aromatic N) is 2. The Morgan fingerprint density at radius 2 is 2.00 bits per heavy atom. The van der Waals surface area contributed by atoms with Gasteiger partial charge in [0.15, 0.2) is 0 Å². The smallest absolute Gasteiger partial charge is 0.410 e. The third-order valence-electron chi connectivity index (χ3n) is 6.15. The monoisotopic (exact) mass is 512 g/mol. The van der Waals surface area contributed by atoms with E-state index in [4.69, 9.17) is 21.1 Å². The third-order valence-corrected chi connectivity index (χ3v) is 6.46. The molecule has 1 unspecified atom stereocenters. The van der Waals surface area contributed by atoms with E-state index < -0.39 is 11.6 Å². The van der Waals surface area contributed by atoms with Crippen molar-refractivity contribution in [2.24, 2.45) is 5.92 Å². The second-order valence-electron chi connectivity index (χ2n) is 10.1. The molecule has 8 nitrogen and oxygen atoms in total. The van der Waals surface area contributed by atoms with Gasteiger partial charge in [-0.1, -0.05) is 23.7 Å². The van der Waals surface area contributed by atoms with Crippen molar-refractivity contribution >= 4 is 34.5 Å². The molecular weight excluding hydrogens is 480 g/mol. The van der Waals surface area contributed by atoms with Crippen LogP contribution >= 0.6 is 11.6 Å². The SMILES string of the molecule is CC(C)(C)OC(=O)N1CCC(COCC(NC(=O)c2ccc3c(Cl)c[nH]c3c2)c2ccccn2)CC1. The second-order valence-corrected chi connectivity index (χ2v) is 10.5. The summed E-state index contributed by atoms with van der Waals surface area (Å²) < 4.78 is 11.5. The van der Waals surface area contributed by atoms with Gasteiger partial charge in [-0.3, -0.25) is 9.78 Å². The number of hydrogen-bond donors (Lipinski definition) is 2. The Morgan fingerprint density at radius 3 is 2.69 bits per heavy atom. The summed E-state index contributed by atoms with van der Waals surface area (Å²) in [5.41, 5.74) is 1.56. The maximum absolute atomic E-state index is 13.1. The number of benzene rings is 1. The van der Waals surface area contributed by atoms with E-state index in [1.54, 1.807) is 29.4 Å². The molecule has 3 aromatic rings. The zero-order chi connectivity index (χ0) is 25.7. The van der Waals surface area contributed by atoms with Crippen LogP contribution in [-0.4, -0.2) is 58.8 Å². The number of piperidine rings is 1. The lowest BCUT2D eigenvalue weighted by Crippen LogP contribution is -2.42. The lowest BCUT2D eigenvalue weighted by Gasteiger charge is -2.33.